The first kappa shape index (κ1) is 17.2. The fourth-order valence-electron chi connectivity index (χ4n) is 1.53. The number of benzene rings is 1. The first-order chi connectivity index (χ1) is 9.71. The first-order valence-electron chi connectivity index (χ1n) is 6.01. The van der Waals surface area contributed by atoms with Crippen molar-refractivity contribution in [3.05, 3.63) is 34.4 Å². The molecule has 0 fully saturated rings. The number of para-hydroxylation sites is 2. The van der Waals surface area contributed by atoms with Gasteiger partial charge in [0.1, 0.15) is 6.61 Å². The fraction of sp³-hybridized carbons (Fsp3) is 0.500. The van der Waals surface area contributed by atoms with Crippen molar-refractivity contribution in [3.63, 3.8) is 0 Å². The lowest BCUT2D eigenvalue weighted by Crippen LogP contribution is -2.40. The summed E-state index contributed by atoms with van der Waals surface area (Å²) in [5.41, 5.74) is -0.213. The number of aliphatic hydroxyl groups excluding tert-OH is 1. The predicted octanol–water partition coefficient (Wildman–Crippen LogP) is 1.83. The van der Waals surface area contributed by atoms with E-state index in [1.54, 1.807) is 6.07 Å². The molecular formula is C12H15F3N2O4. The van der Waals surface area contributed by atoms with Crippen molar-refractivity contribution in [2.45, 2.75) is 12.3 Å². The molecule has 0 amide bonds. The Hall–Kier alpha value is -1.87. The maximum absolute atomic E-state index is 12.2. The van der Waals surface area contributed by atoms with Gasteiger partial charge in [-0.05, 0) is 13.1 Å². The van der Waals surface area contributed by atoms with Crippen molar-refractivity contribution in [1.29, 1.82) is 0 Å². The number of aliphatic hydroxyl groups is 1. The number of hydrogen-bond acceptors (Lipinski definition) is 5. The van der Waals surface area contributed by atoms with Crippen LogP contribution >= 0.6 is 0 Å². The number of halogens is 3. The first-order valence-corrected chi connectivity index (χ1v) is 6.01. The molecule has 1 aromatic rings. The van der Waals surface area contributed by atoms with Crippen LogP contribution in [0.4, 0.5) is 18.9 Å². The summed E-state index contributed by atoms with van der Waals surface area (Å²) < 4.78 is 41.7. The molecule has 0 bridgehead atoms. The van der Waals surface area contributed by atoms with Gasteiger partial charge in [-0.2, -0.15) is 13.2 Å². The Bertz CT molecular complexity index is 482. The number of rotatable bonds is 7. The van der Waals surface area contributed by atoms with E-state index in [4.69, 9.17) is 9.84 Å². The molecule has 6 nitrogen and oxygen atoms in total. The van der Waals surface area contributed by atoms with Crippen LogP contribution in [0.2, 0.25) is 0 Å². The van der Waals surface area contributed by atoms with E-state index < -0.39 is 23.7 Å². The highest BCUT2D eigenvalue weighted by Crippen LogP contribution is 2.25. The van der Waals surface area contributed by atoms with Gasteiger partial charge in [0, 0.05) is 19.2 Å². The van der Waals surface area contributed by atoms with E-state index in [1.165, 1.54) is 30.1 Å². The average Bonchev–Trinajstić information content (AvgIpc) is 2.37. The molecule has 1 N–H and O–H groups in total. The molecular weight excluding hydrogens is 293 g/mol. The van der Waals surface area contributed by atoms with Gasteiger partial charge in [0.2, 0.25) is 0 Å². The maximum Gasteiger partial charge on any atom is 0.415 e. The summed E-state index contributed by atoms with van der Waals surface area (Å²) in [7, 11) is 1.39. The summed E-state index contributed by atoms with van der Waals surface area (Å²) in [5, 5.41) is 19.6. The second-order valence-electron chi connectivity index (χ2n) is 4.39. The molecule has 0 aromatic heterocycles. The molecule has 0 heterocycles. The topological polar surface area (TPSA) is 75.8 Å². The van der Waals surface area contributed by atoms with Crippen LogP contribution in [0.5, 0.6) is 5.75 Å². The van der Waals surface area contributed by atoms with Crippen LogP contribution in [0.25, 0.3) is 0 Å². The molecule has 9 heteroatoms. The lowest BCUT2D eigenvalue weighted by Gasteiger charge is -2.22. The standard InChI is InChI=1S/C12H15F3N2O4/c1-16(8-11(18)12(13,14)15)6-7-21-10-5-3-2-4-9(10)17(19)20/h2-5,11,18H,6-8H2,1H3. The molecule has 21 heavy (non-hydrogen) atoms. The highest BCUT2D eigenvalue weighted by molar-refractivity contribution is 5.45. The van der Waals surface area contributed by atoms with E-state index in [-0.39, 0.29) is 24.6 Å². The van der Waals surface area contributed by atoms with Crippen LogP contribution in [0.1, 0.15) is 0 Å². The molecule has 0 saturated carbocycles. The number of nitrogens with zero attached hydrogens (tertiary/aromatic N) is 2. The molecule has 0 saturated heterocycles. The van der Waals surface area contributed by atoms with Crippen molar-refractivity contribution in [1.82, 2.24) is 4.90 Å². The third-order valence-corrected chi connectivity index (χ3v) is 2.65. The zero-order valence-corrected chi connectivity index (χ0v) is 11.2. The molecule has 0 aliphatic heterocycles. The van der Waals surface area contributed by atoms with Gasteiger partial charge in [-0.3, -0.25) is 10.1 Å². The van der Waals surface area contributed by atoms with E-state index >= 15 is 0 Å². The number of nitro groups is 1. The fourth-order valence-corrected chi connectivity index (χ4v) is 1.53. The minimum Gasteiger partial charge on any atom is -0.485 e. The Morgan fingerprint density at radius 1 is 1.43 bits per heavy atom. The highest BCUT2D eigenvalue weighted by Gasteiger charge is 2.38. The molecule has 118 valence electrons. The number of hydrogen-bond donors (Lipinski definition) is 1. The van der Waals surface area contributed by atoms with Crippen LogP contribution in [0, 0.1) is 10.1 Å². The van der Waals surface area contributed by atoms with E-state index in [0.717, 1.165) is 0 Å². The minimum atomic E-state index is -4.67. The largest absolute Gasteiger partial charge is 0.485 e. The Labute approximate surface area is 118 Å². The lowest BCUT2D eigenvalue weighted by atomic mass is 10.3. The maximum atomic E-state index is 12.2. The Morgan fingerprint density at radius 2 is 2.05 bits per heavy atom. The molecule has 1 aromatic carbocycles. The third-order valence-electron chi connectivity index (χ3n) is 2.65. The normalized spacial score (nSPS) is 13.2. The van der Waals surface area contributed by atoms with Gasteiger partial charge in [-0.15, -0.1) is 0 Å². The summed E-state index contributed by atoms with van der Waals surface area (Å²) in [6.45, 7) is -0.547. The second-order valence-corrected chi connectivity index (χ2v) is 4.39. The summed E-state index contributed by atoms with van der Waals surface area (Å²) in [6, 6.07) is 5.71. The average molecular weight is 308 g/mol. The van der Waals surface area contributed by atoms with Crippen LogP contribution in [0.3, 0.4) is 0 Å². The summed E-state index contributed by atoms with van der Waals surface area (Å²) in [4.78, 5) is 11.4. The Balaban J connectivity index is 2.45. The van der Waals surface area contributed by atoms with Gasteiger partial charge in [-0.25, -0.2) is 0 Å². The molecule has 1 rings (SSSR count). The summed E-state index contributed by atoms with van der Waals surface area (Å²) >= 11 is 0. The van der Waals surface area contributed by atoms with Gasteiger partial charge >= 0.3 is 11.9 Å². The van der Waals surface area contributed by atoms with Crippen molar-refractivity contribution >= 4 is 5.69 Å². The SMILES string of the molecule is CN(CCOc1ccccc1[N+](=O)[O-])CC(O)C(F)(F)F. The number of alkyl halides is 3. The van der Waals surface area contributed by atoms with E-state index in [9.17, 15) is 23.3 Å². The number of nitro benzene ring substituents is 1. The van der Waals surface area contributed by atoms with Crippen molar-refractivity contribution < 1.29 is 27.9 Å². The van der Waals surface area contributed by atoms with Gasteiger partial charge in [0.25, 0.3) is 0 Å². The Kier molecular flexibility index (Phi) is 5.91. The van der Waals surface area contributed by atoms with Crippen LogP contribution in [-0.4, -0.2) is 54.0 Å². The zero-order chi connectivity index (χ0) is 16.0. The number of ether oxygens (including phenoxy) is 1. The quantitative estimate of drug-likeness (QED) is 0.614. The third kappa shape index (κ3) is 5.56. The smallest absolute Gasteiger partial charge is 0.415 e. The molecule has 0 aliphatic carbocycles. The van der Waals surface area contributed by atoms with E-state index in [2.05, 4.69) is 0 Å². The highest BCUT2D eigenvalue weighted by atomic mass is 19.4. The summed E-state index contributed by atoms with van der Waals surface area (Å²) in [5.74, 6) is 0.0484. The molecule has 1 atom stereocenters. The molecule has 0 radical (unpaired) electrons. The van der Waals surface area contributed by atoms with Gasteiger partial charge < -0.3 is 14.7 Å². The zero-order valence-electron chi connectivity index (χ0n) is 11.2. The van der Waals surface area contributed by atoms with Crippen LogP contribution < -0.4 is 4.74 Å². The summed E-state index contributed by atoms with van der Waals surface area (Å²) in [6.07, 6.45) is -7.11. The van der Waals surface area contributed by atoms with Crippen LogP contribution in [0.15, 0.2) is 24.3 Å². The number of likely N-dealkylation sites (N-methyl/N-ethyl adjacent to an activating group) is 1. The van der Waals surface area contributed by atoms with Gasteiger partial charge in [-0.1, -0.05) is 12.1 Å². The van der Waals surface area contributed by atoms with E-state index in [0.29, 0.717) is 0 Å². The minimum absolute atomic E-state index is 0.0358. The van der Waals surface area contributed by atoms with Crippen molar-refractivity contribution in [2.24, 2.45) is 0 Å². The van der Waals surface area contributed by atoms with Crippen molar-refractivity contribution in [2.75, 3.05) is 26.7 Å². The van der Waals surface area contributed by atoms with Gasteiger partial charge in [0.15, 0.2) is 11.9 Å². The Morgan fingerprint density at radius 3 is 2.62 bits per heavy atom. The molecule has 0 aliphatic rings. The van der Waals surface area contributed by atoms with Crippen molar-refractivity contribution in [3.8, 4) is 5.75 Å². The molecule has 1 unspecified atom stereocenters. The second kappa shape index (κ2) is 7.23. The van der Waals surface area contributed by atoms with Gasteiger partial charge in [0.05, 0.1) is 4.92 Å². The monoisotopic (exact) mass is 308 g/mol. The van der Waals surface area contributed by atoms with E-state index in [1.807, 2.05) is 0 Å². The molecule has 0 spiro atoms. The van der Waals surface area contributed by atoms with Crippen LogP contribution in [-0.2, 0) is 0 Å². The lowest BCUT2D eigenvalue weighted by molar-refractivity contribution is -0.385. The predicted molar refractivity (Wildman–Crippen MR) is 68.2 cm³/mol.